The number of anilines is 1. The average molecular weight is 521 g/mol. The summed E-state index contributed by atoms with van der Waals surface area (Å²) in [7, 11) is 1.82. The van der Waals surface area contributed by atoms with Crippen molar-refractivity contribution in [1.29, 1.82) is 0 Å². The van der Waals surface area contributed by atoms with Crippen molar-refractivity contribution < 1.29 is 0 Å². The van der Waals surface area contributed by atoms with Crippen molar-refractivity contribution in [2.45, 2.75) is 39.4 Å². The first kappa shape index (κ1) is 24.5. The topological polar surface area (TPSA) is 42.9 Å². The van der Waals surface area contributed by atoms with Crippen molar-refractivity contribution in [2.75, 3.05) is 38.1 Å². The molecule has 0 aromatic heterocycles. The Labute approximate surface area is 199 Å². The third-order valence-electron chi connectivity index (χ3n) is 5.17. The summed E-state index contributed by atoms with van der Waals surface area (Å²) in [6, 6.07) is 19.4. The van der Waals surface area contributed by atoms with Gasteiger partial charge in [0.25, 0.3) is 0 Å². The Morgan fingerprint density at radius 2 is 1.50 bits per heavy atom. The van der Waals surface area contributed by atoms with Gasteiger partial charge in [0.2, 0.25) is 0 Å². The lowest BCUT2D eigenvalue weighted by atomic mass is 10.1. The third-order valence-corrected chi connectivity index (χ3v) is 5.17. The van der Waals surface area contributed by atoms with Crippen LogP contribution < -0.4 is 15.5 Å². The van der Waals surface area contributed by atoms with E-state index in [4.69, 9.17) is 0 Å². The zero-order valence-electron chi connectivity index (χ0n) is 18.7. The SMILES string of the molecule is CN=C(NCc1ccccc1CN1CCN(c2ccccc2)CC1)NC(C)(C)C.I. The molecule has 1 saturated heterocycles. The molecule has 0 spiro atoms. The number of hydrogen-bond acceptors (Lipinski definition) is 3. The summed E-state index contributed by atoms with van der Waals surface area (Å²) in [5.41, 5.74) is 4.03. The summed E-state index contributed by atoms with van der Waals surface area (Å²) in [5.74, 6) is 0.837. The fourth-order valence-electron chi connectivity index (χ4n) is 3.64. The molecule has 0 bridgehead atoms. The molecule has 1 fully saturated rings. The van der Waals surface area contributed by atoms with Crippen molar-refractivity contribution in [3.05, 3.63) is 65.7 Å². The molecule has 5 nitrogen and oxygen atoms in total. The van der Waals surface area contributed by atoms with Gasteiger partial charge in [0.15, 0.2) is 5.96 Å². The highest BCUT2D eigenvalue weighted by Crippen LogP contribution is 2.18. The van der Waals surface area contributed by atoms with Gasteiger partial charge in [0.1, 0.15) is 0 Å². The van der Waals surface area contributed by atoms with Gasteiger partial charge in [-0.05, 0) is 44.0 Å². The van der Waals surface area contributed by atoms with E-state index in [2.05, 4.69) is 101 Å². The molecule has 30 heavy (non-hydrogen) atoms. The standard InChI is InChI=1S/C24H35N5.HI/c1-24(2,3)27-23(25-4)26-18-20-10-8-9-11-21(20)19-28-14-16-29(17-15-28)22-12-6-5-7-13-22;/h5-13H,14-19H2,1-4H3,(H2,25,26,27);1H. The van der Waals surface area contributed by atoms with Gasteiger partial charge in [-0.3, -0.25) is 9.89 Å². The zero-order chi connectivity index (χ0) is 20.7. The lowest BCUT2D eigenvalue weighted by molar-refractivity contribution is 0.249. The van der Waals surface area contributed by atoms with Crippen molar-refractivity contribution >= 4 is 35.6 Å². The fourth-order valence-corrected chi connectivity index (χ4v) is 3.64. The van der Waals surface area contributed by atoms with Crippen molar-refractivity contribution in [3.63, 3.8) is 0 Å². The van der Waals surface area contributed by atoms with E-state index in [-0.39, 0.29) is 29.5 Å². The highest BCUT2D eigenvalue weighted by atomic mass is 127. The summed E-state index contributed by atoms with van der Waals surface area (Å²) in [6.45, 7) is 12.5. The number of para-hydroxylation sites is 1. The number of rotatable bonds is 5. The molecule has 3 rings (SSSR count). The van der Waals surface area contributed by atoms with Gasteiger partial charge in [-0.25, -0.2) is 0 Å². The fraction of sp³-hybridized carbons (Fsp3) is 0.458. The molecule has 6 heteroatoms. The Morgan fingerprint density at radius 3 is 2.10 bits per heavy atom. The van der Waals surface area contributed by atoms with Crippen molar-refractivity contribution in [1.82, 2.24) is 15.5 Å². The first-order valence-corrected chi connectivity index (χ1v) is 10.5. The molecule has 1 aliphatic rings. The molecule has 0 aliphatic carbocycles. The van der Waals surface area contributed by atoms with Gasteiger partial charge < -0.3 is 15.5 Å². The van der Waals surface area contributed by atoms with Crippen molar-refractivity contribution in [3.8, 4) is 0 Å². The zero-order valence-corrected chi connectivity index (χ0v) is 21.0. The van der Waals surface area contributed by atoms with Gasteiger partial charge in [-0.2, -0.15) is 0 Å². The third kappa shape index (κ3) is 7.47. The van der Waals surface area contributed by atoms with Crippen LogP contribution in [0.15, 0.2) is 59.6 Å². The number of guanidine groups is 1. The summed E-state index contributed by atoms with van der Waals surface area (Å²) in [5, 5.41) is 6.88. The van der Waals surface area contributed by atoms with E-state index >= 15 is 0 Å². The number of nitrogens with one attached hydrogen (secondary N) is 2. The maximum atomic E-state index is 4.35. The molecule has 164 valence electrons. The van der Waals surface area contributed by atoms with Gasteiger partial charge in [0.05, 0.1) is 0 Å². The van der Waals surface area contributed by atoms with Crippen molar-refractivity contribution in [2.24, 2.45) is 4.99 Å². The second-order valence-electron chi connectivity index (χ2n) is 8.67. The van der Waals surface area contributed by atoms with Crippen LogP contribution in [-0.4, -0.2) is 49.6 Å². The largest absolute Gasteiger partial charge is 0.369 e. The van der Waals surface area contributed by atoms with Crippen LogP contribution in [0.5, 0.6) is 0 Å². The molecular weight excluding hydrogens is 485 g/mol. The maximum absolute atomic E-state index is 4.35. The van der Waals surface area contributed by atoms with Crippen LogP contribution in [0.1, 0.15) is 31.9 Å². The molecule has 0 unspecified atom stereocenters. The smallest absolute Gasteiger partial charge is 0.191 e. The number of halogens is 1. The summed E-state index contributed by atoms with van der Waals surface area (Å²) in [6.07, 6.45) is 0. The van der Waals surface area contributed by atoms with Crippen LogP contribution in [0.25, 0.3) is 0 Å². The molecule has 2 aromatic rings. The molecule has 2 N–H and O–H groups in total. The van der Waals surface area contributed by atoms with Crippen LogP contribution in [0.3, 0.4) is 0 Å². The normalized spacial score (nSPS) is 15.5. The summed E-state index contributed by atoms with van der Waals surface area (Å²) < 4.78 is 0. The Balaban J connectivity index is 0.00000320. The van der Waals surface area contributed by atoms with Crippen LogP contribution in [0.4, 0.5) is 5.69 Å². The van der Waals surface area contributed by atoms with Crippen LogP contribution in [0, 0.1) is 0 Å². The number of nitrogens with zero attached hydrogens (tertiary/aromatic N) is 3. The number of piperazine rings is 1. The average Bonchev–Trinajstić information content (AvgIpc) is 2.72. The quantitative estimate of drug-likeness (QED) is 0.354. The summed E-state index contributed by atoms with van der Waals surface area (Å²) >= 11 is 0. The second-order valence-corrected chi connectivity index (χ2v) is 8.67. The predicted octanol–water partition coefficient (Wildman–Crippen LogP) is 4.09. The molecule has 0 saturated carbocycles. The lowest BCUT2D eigenvalue weighted by Crippen LogP contribution is -2.47. The molecule has 1 aliphatic heterocycles. The van der Waals surface area contributed by atoms with Crippen LogP contribution >= 0.6 is 24.0 Å². The Morgan fingerprint density at radius 1 is 0.900 bits per heavy atom. The number of hydrogen-bond donors (Lipinski definition) is 2. The first-order valence-electron chi connectivity index (χ1n) is 10.5. The number of benzene rings is 2. The molecule has 0 amide bonds. The Hall–Kier alpha value is -1.80. The minimum absolute atomic E-state index is 0. The monoisotopic (exact) mass is 521 g/mol. The van der Waals surface area contributed by atoms with E-state index in [1.165, 1.54) is 16.8 Å². The van der Waals surface area contributed by atoms with E-state index in [1.54, 1.807) is 0 Å². The van der Waals surface area contributed by atoms with Gasteiger partial charge in [0, 0.05) is 57.5 Å². The van der Waals surface area contributed by atoms with E-state index < -0.39 is 0 Å². The van der Waals surface area contributed by atoms with Gasteiger partial charge in [-0.1, -0.05) is 42.5 Å². The van der Waals surface area contributed by atoms with Crippen LogP contribution in [-0.2, 0) is 13.1 Å². The lowest BCUT2D eigenvalue weighted by Gasteiger charge is -2.36. The minimum Gasteiger partial charge on any atom is -0.369 e. The molecule has 0 atom stereocenters. The highest BCUT2D eigenvalue weighted by molar-refractivity contribution is 14.0. The minimum atomic E-state index is -0.0141. The van der Waals surface area contributed by atoms with Gasteiger partial charge in [-0.15, -0.1) is 24.0 Å². The van der Waals surface area contributed by atoms with Gasteiger partial charge >= 0.3 is 0 Å². The Kier molecular flexibility index (Phi) is 9.42. The van der Waals surface area contributed by atoms with E-state index in [0.29, 0.717) is 0 Å². The first-order chi connectivity index (χ1) is 13.9. The van der Waals surface area contributed by atoms with E-state index in [0.717, 1.165) is 45.2 Å². The highest BCUT2D eigenvalue weighted by Gasteiger charge is 2.18. The molecule has 2 aromatic carbocycles. The molecular formula is C24H36IN5. The molecule has 1 heterocycles. The predicted molar refractivity (Wildman–Crippen MR) is 139 cm³/mol. The summed E-state index contributed by atoms with van der Waals surface area (Å²) in [4.78, 5) is 9.38. The van der Waals surface area contributed by atoms with Crippen LogP contribution in [0.2, 0.25) is 0 Å². The second kappa shape index (κ2) is 11.6. The Bertz CT molecular complexity index is 793. The molecule has 0 radical (unpaired) electrons. The van der Waals surface area contributed by atoms with E-state index in [1.807, 2.05) is 7.05 Å². The number of aliphatic imine (C=N–C) groups is 1. The van der Waals surface area contributed by atoms with E-state index in [9.17, 15) is 0 Å². The maximum Gasteiger partial charge on any atom is 0.191 e.